The molecule has 105 valence electrons. The van der Waals surface area contributed by atoms with Crippen LogP contribution in [0.15, 0.2) is 35.2 Å². The van der Waals surface area contributed by atoms with Crippen LogP contribution in [-0.2, 0) is 9.84 Å². The van der Waals surface area contributed by atoms with Gasteiger partial charge in [0.2, 0.25) is 0 Å². The number of unbranched alkanes of at least 4 members (excludes halogenated alkanes) is 1. The van der Waals surface area contributed by atoms with Gasteiger partial charge in [0.15, 0.2) is 9.84 Å². The maximum Gasteiger partial charge on any atom is 0.178 e. The number of rotatable bonds is 6. The lowest BCUT2D eigenvalue weighted by atomic mass is 10.1. The average molecular weight is 280 g/mol. The Kier molecular flexibility index (Phi) is 5.40. The van der Waals surface area contributed by atoms with Gasteiger partial charge >= 0.3 is 0 Å². The van der Waals surface area contributed by atoms with E-state index in [-0.39, 0.29) is 5.75 Å². The van der Waals surface area contributed by atoms with Crippen LogP contribution in [0.5, 0.6) is 0 Å². The summed E-state index contributed by atoms with van der Waals surface area (Å²) in [6.45, 7) is 3.29. The van der Waals surface area contributed by atoms with Crippen LogP contribution in [0.3, 0.4) is 0 Å². The Hall–Kier alpha value is -0.870. The van der Waals surface area contributed by atoms with Crippen LogP contribution < -0.4 is 0 Å². The molecule has 4 heteroatoms. The van der Waals surface area contributed by atoms with Gasteiger partial charge in [-0.2, -0.15) is 0 Å². The molecule has 1 heterocycles. The van der Waals surface area contributed by atoms with Gasteiger partial charge in [0.1, 0.15) is 0 Å². The van der Waals surface area contributed by atoms with Crippen molar-refractivity contribution in [1.29, 1.82) is 0 Å². The molecule has 1 aromatic rings. The maximum absolute atomic E-state index is 12.1. The fourth-order valence-corrected chi connectivity index (χ4v) is 3.79. The van der Waals surface area contributed by atoms with Crippen molar-refractivity contribution < 1.29 is 8.42 Å². The van der Waals surface area contributed by atoms with Crippen LogP contribution >= 0.6 is 0 Å². The van der Waals surface area contributed by atoms with Crippen LogP contribution in [-0.4, -0.2) is 38.7 Å². The van der Waals surface area contributed by atoms with E-state index in [1.807, 2.05) is 6.07 Å². The van der Waals surface area contributed by atoms with Crippen molar-refractivity contribution in [3.05, 3.63) is 36.8 Å². The lowest BCUT2D eigenvalue weighted by molar-refractivity contribution is 0.250. The topological polar surface area (TPSA) is 37.4 Å². The molecule has 1 saturated heterocycles. The molecular formula is C15H22NO2S. The zero-order valence-electron chi connectivity index (χ0n) is 11.3. The zero-order valence-corrected chi connectivity index (χ0v) is 12.1. The first-order chi connectivity index (χ1) is 9.18. The number of sulfone groups is 1. The second-order valence-electron chi connectivity index (χ2n) is 5.05. The molecule has 0 unspecified atom stereocenters. The maximum atomic E-state index is 12.1. The van der Waals surface area contributed by atoms with Gasteiger partial charge in [-0.25, -0.2) is 8.42 Å². The molecule has 0 bridgehead atoms. The van der Waals surface area contributed by atoms with Crippen molar-refractivity contribution in [2.75, 3.05) is 25.4 Å². The predicted molar refractivity (Wildman–Crippen MR) is 77.7 cm³/mol. The van der Waals surface area contributed by atoms with Gasteiger partial charge in [-0.05, 0) is 63.9 Å². The lowest BCUT2D eigenvalue weighted by Crippen LogP contribution is -2.31. The van der Waals surface area contributed by atoms with E-state index in [2.05, 4.69) is 11.3 Å². The standard InChI is InChI=1S/C15H22NO2S/c17-19(18,15-9-3-1-4-10-15)14-8-7-13-16-11-5-2-6-12-16/h1-4,9-10H,5-8,11-14H2. The molecule has 3 nitrogen and oxygen atoms in total. The van der Waals surface area contributed by atoms with Crippen molar-refractivity contribution in [3.8, 4) is 0 Å². The highest BCUT2D eigenvalue weighted by molar-refractivity contribution is 7.91. The van der Waals surface area contributed by atoms with Crippen LogP contribution in [0.2, 0.25) is 0 Å². The Balaban J connectivity index is 1.73. The Morgan fingerprint density at radius 2 is 1.68 bits per heavy atom. The van der Waals surface area contributed by atoms with E-state index in [0.29, 0.717) is 4.90 Å². The van der Waals surface area contributed by atoms with E-state index in [4.69, 9.17) is 0 Å². The van der Waals surface area contributed by atoms with Crippen LogP contribution in [0.4, 0.5) is 0 Å². The van der Waals surface area contributed by atoms with E-state index in [9.17, 15) is 8.42 Å². The fraction of sp³-hybridized carbons (Fsp3) is 0.533. The molecule has 1 aromatic carbocycles. The van der Waals surface area contributed by atoms with Gasteiger partial charge in [-0.1, -0.05) is 18.2 Å². The zero-order chi connectivity index (χ0) is 13.6. The number of hydrogen-bond acceptors (Lipinski definition) is 3. The molecule has 1 radical (unpaired) electrons. The van der Waals surface area contributed by atoms with E-state index in [0.717, 1.165) is 32.5 Å². The van der Waals surface area contributed by atoms with Crippen molar-refractivity contribution in [3.63, 3.8) is 0 Å². The van der Waals surface area contributed by atoms with Crippen molar-refractivity contribution >= 4 is 9.84 Å². The van der Waals surface area contributed by atoms with Gasteiger partial charge in [-0.3, -0.25) is 0 Å². The minimum atomic E-state index is -3.09. The summed E-state index contributed by atoms with van der Waals surface area (Å²) in [7, 11) is -3.09. The highest BCUT2D eigenvalue weighted by Crippen LogP contribution is 2.13. The SMILES string of the molecule is O=S(=O)(CCCCN1CC[CH]CC1)c1ccccc1. The van der Waals surface area contributed by atoms with Crippen molar-refractivity contribution in [1.82, 2.24) is 4.90 Å². The smallest absolute Gasteiger partial charge is 0.178 e. The van der Waals surface area contributed by atoms with Gasteiger partial charge < -0.3 is 4.90 Å². The molecular weight excluding hydrogens is 258 g/mol. The largest absolute Gasteiger partial charge is 0.303 e. The Bertz CT molecular complexity index is 464. The van der Waals surface area contributed by atoms with E-state index in [1.54, 1.807) is 24.3 Å². The fourth-order valence-electron chi connectivity index (χ4n) is 2.40. The normalized spacial score (nSPS) is 17.5. The number of likely N-dealkylation sites (tertiary alicyclic amines) is 1. The van der Waals surface area contributed by atoms with Crippen LogP contribution in [0.1, 0.15) is 25.7 Å². The van der Waals surface area contributed by atoms with Gasteiger partial charge in [0.25, 0.3) is 0 Å². The quantitative estimate of drug-likeness (QED) is 0.752. The highest BCUT2D eigenvalue weighted by Gasteiger charge is 2.14. The summed E-state index contributed by atoms with van der Waals surface area (Å²) in [6.07, 6.45) is 6.38. The molecule has 1 fully saturated rings. The Labute approximate surface area is 116 Å². The Morgan fingerprint density at radius 3 is 2.37 bits per heavy atom. The summed E-state index contributed by atoms with van der Waals surface area (Å²) < 4.78 is 24.1. The molecule has 1 aliphatic heterocycles. The summed E-state index contributed by atoms with van der Waals surface area (Å²) in [5.74, 6) is 0.261. The van der Waals surface area contributed by atoms with Gasteiger partial charge in [0.05, 0.1) is 10.6 Å². The lowest BCUT2D eigenvalue weighted by Gasteiger charge is -2.26. The summed E-state index contributed by atoms with van der Waals surface area (Å²) in [5, 5.41) is 0. The molecule has 19 heavy (non-hydrogen) atoms. The van der Waals surface area contributed by atoms with Crippen molar-refractivity contribution in [2.24, 2.45) is 0 Å². The number of piperidine rings is 1. The minimum absolute atomic E-state index is 0.261. The molecule has 0 atom stereocenters. The van der Waals surface area contributed by atoms with E-state index >= 15 is 0 Å². The molecule has 0 saturated carbocycles. The van der Waals surface area contributed by atoms with Gasteiger partial charge in [0, 0.05) is 0 Å². The third kappa shape index (κ3) is 4.62. The molecule has 0 spiro atoms. The summed E-state index contributed by atoms with van der Waals surface area (Å²) in [5.41, 5.74) is 0. The molecule has 0 amide bonds. The number of nitrogens with zero attached hydrogens (tertiary/aromatic N) is 1. The second kappa shape index (κ2) is 7.06. The number of hydrogen-bond donors (Lipinski definition) is 0. The molecule has 0 aliphatic carbocycles. The summed E-state index contributed by atoms with van der Waals surface area (Å²) in [6, 6.07) is 8.74. The first-order valence-corrected chi connectivity index (χ1v) is 8.65. The van der Waals surface area contributed by atoms with Crippen molar-refractivity contribution in [2.45, 2.75) is 30.6 Å². The predicted octanol–water partition coefficient (Wildman–Crippen LogP) is 2.54. The average Bonchev–Trinajstić information content (AvgIpc) is 2.46. The third-order valence-electron chi connectivity index (χ3n) is 3.54. The minimum Gasteiger partial charge on any atom is -0.303 e. The molecule has 0 aromatic heterocycles. The first-order valence-electron chi connectivity index (χ1n) is 7.00. The monoisotopic (exact) mass is 280 g/mol. The highest BCUT2D eigenvalue weighted by atomic mass is 32.2. The number of benzene rings is 1. The summed E-state index contributed by atoms with van der Waals surface area (Å²) in [4.78, 5) is 2.87. The second-order valence-corrected chi connectivity index (χ2v) is 7.16. The first kappa shape index (κ1) is 14.5. The third-order valence-corrected chi connectivity index (χ3v) is 5.36. The Morgan fingerprint density at radius 1 is 1.00 bits per heavy atom. The van der Waals surface area contributed by atoms with Crippen LogP contribution in [0.25, 0.3) is 0 Å². The molecule has 0 N–H and O–H groups in total. The van der Waals surface area contributed by atoms with Gasteiger partial charge in [-0.15, -0.1) is 0 Å². The molecule has 1 aliphatic rings. The van der Waals surface area contributed by atoms with E-state index < -0.39 is 9.84 Å². The molecule has 2 rings (SSSR count). The van der Waals surface area contributed by atoms with Crippen LogP contribution in [0, 0.1) is 6.42 Å². The van der Waals surface area contributed by atoms with E-state index in [1.165, 1.54) is 12.8 Å². The summed E-state index contributed by atoms with van der Waals surface area (Å²) >= 11 is 0.